The number of hydrogen-bond donors (Lipinski definition) is 1. The minimum absolute atomic E-state index is 0.0556. The SMILES string of the molecule is Cc1ccc(NC(=O)c2ccc(N3CCCC3)cc2)c(C)c1. The van der Waals surface area contributed by atoms with E-state index in [2.05, 4.69) is 23.2 Å². The third-order valence-electron chi connectivity index (χ3n) is 4.23. The van der Waals surface area contributed by atoms with Crippen LogP contribution in [0, 0.1) is 13.8 Å². The molecule has 3 nitrogen and oxygen atoms in total. The number of amides is 1. The molecule has 22 heavy (non-hydrogen) atoms. The predicted molar refractivity (Wildman–Crippen MR) is 91.8 cm³/mol. The second-order valence-corrected chi connectivity index (χ2v) is 6.01. The molecular formula is C19H22N2O. The zero-order valence-corrected chi connectivity index (χ0v) is 13.2. The maximum atomic E-state index is 12.4. The van der Waals surface area contributed by atoms with Crippen LogP contribution in [0.4, 0.5) is 11.4 Å². The topological polar surface area (TPSA) is 32.3 Å². The molecule has 0 spiro atoms. The third-order valence-corrected chi connectivity index (χ3v) is 4.23. The first kappa shape index (κ1) is 14.6. The van der Waals surface area contributed by atoms with E-state index in [-0.39, 0.29) is 5.91 Å². The van der Waals surface area contributed by atoms with Gasteiger partial charge in [-0.1, -0.05) is 17.7 Å². The first-order chi connectivity index (χ1) is 10.6. The van der Waals surface area contributed by atoms with Gasteiger partial charge in [-0.2, -0.15) is 0 Å². The molecule has 3 rings (SSSR count). The quantitative estimate of drug-likeness (QED) is 0.922. The van der Waals surface area contributed by atoms with Crippen LogP contribution in [-0.4, -0.2) is 19.0 Å². The number of carbonyl (C=O) groups is 1. The molecule has 0 unspecified atom stereocenters. The van der Waals surface area contributed by atoms with E-state index in [1.165, 1.54) is 24.1 Å². The van der Waals surface area contributed by atoms with Crippen molar-refractivity contribution in [3.8, 4) is 0 Å². The maximum Gasteiger partial charge on any atom is 0.255 e. The van der Waals surface area contributed by atoms with Gasteiger partial charge in [0.05, 0.1) is 0 Å². The molecule has 114 valence electrons. The van der Waals surface area contributed by atoms with Crippen molar-refractivity contribution < 1.29 is 4.79 Å². The lowest BCUT2D eigenvalue weighted by Crippen LogP contribution is -2.18. The van der Waals surface area contributed by atoms with Gasteiger partial charge in [-0.3, -0.25) is 4.79 Å². The van der Waals surface area contributed by atoms with Crippen molar-refractivity contribution in [3.63, 3.8) is 0 Å². The molecule has 0 aromatic heterocycles. The molecule has 1 N–H and O–H groups in total. The summed E-state index contributed by atoms with van der Waals surface area (Å²) in [5.74, 6) is -0.0556. The Labute approximate surface area is 132 Å². The Balaban J connectivity index is 1.71. The standard InChI is InChI=1S/C19H22N2O/c1-14-5-10-18(15(2)13-14)20-19(22)16-6-8-17(9-7-16)21-11-3-4-12-21/h5-10,13H,3-4,11-12H2,1-2H3,(H,20,22). The van der Waals surface area contributed by atoms with Gasteiger partial charge < -0.3 is 10.2 Å². The Bertz CT molecular complexity index is 670. The number of benzene rings is 2. The molecule has 0 radical (unpaired) electrons. The van der Waals surface area contributed by atoms with E-state index >= 15 is 0 Å². The minimum atomic E-state index is -0.0556. The zero-order valence-electron chi connectivity index (χ0n) is 13.2. The summed E-state index contributed by atoms with van der Waals surface area (Å²) in [6, 6.07) is 14.0. The molecule has 0 atom stereocenters. The van der Waals surface area contributed by atoms with E-state index in [1.807, 2.05) is 43.3 Å². The Morgan fingerprint density at radius 3 is 2.32 bits per heavy atom. The van der Waals surface area contributed by atoms with Gasteiger partial charge in [-0.15, -0.1) is 0 Å². The van der Waals surface area contributed by atoms with Crippen LogP contribution in [0.5, 0.6) is 0 Å². The average Bonchev–Trinajstić information content (AvgIpc) is 3.04. The first-order valence-corrected chi connectivity index (χ1v) is 7.87. The molecule has 1 amide bonds. The summed E-state index contributed by atoms with van der Waals surface area (Å²) in [6.45, 7) is 6.30. The summed E-state index contributed by atoms with van der Waals surface area (Å²) in [6.07, 6.45) is 2.52. The largest absolute Gasteiger partial charge is 0.372 e. The molecule has 1 saturated heterocycles. The second kappa shape index (κ2) is 6.22. The third kappa shape index (κ3) is 3.14. The summed E-state index contributed by atoms with van der Waals surface area (Å²) < 4.78 is 0. The van der Waals surface area contributed by atoms with E-state index in [9.17, 15) is 4.79 Å². The molecule has 3 heteroatoms. The van der Waals surface area contributed by atoms with Crippen LogP contribution >= 0.6 is 0 Å². The number of aryl methyl sites for hydroxylation is 2. The lowest BCUT2D eigenvalue weighted by atomic mass is 10.1. The van der Waals surface area contributed by atoms with Gasteiger partial charge in [0, 0.05) is 30.0 Å². The Hall–Kier alpha value is -2.29. The summed E-state index contributed by atoms with van der Waals surface area (Å²) in [5, 5.41) is 2.99. The lowest BCUT2D eigenvalue weighted by molar-refractivity contribution is 0.102. The molecule has 1 heterocycles. The molecule has 0 aliphatic carbocycles. The molecular weight excluding hydrogens is 272 g/mol. The highest BCUT2D eigenvalue weighted by Crippen LogP contribution is 2.21. The summed E-state index contributed by atoms with van der Waals surface area (Å²) in [5.41, 5.74) is 5.07. The summed E-state index contributed by atoms with van der Waals surface area (Å²) in [4.78, 5) is 14.7. The lowest BCUT2D eigenvalue weighted by Gasteiger charge is -2.17. The van der Waals surface area contributed by atoms with Crippen molar-refractivity contribution in [3.05, 3.63) is 59.2 Å². The zero-order chi connectivity index (χ0) is 15.5. The van der Waals surface area contributed by atoms with Crippen LogP contribution in [0.2, 0.25) is 0 Å². The molecule has 0 saturated carbocycles. The molecule has 2 aromatic carbocycles. The van der Waals surface area contributed by atoms with E-state index < -0.39 is 0 Å². The van der Waals surface area contributed by atoms with Crippen molar-refractivity contribution in [1.82, 2.24) is 0 Å². The summed E-state index contributed by atoms with van der Waals surface area (Å²) >= 11 is 0. The fourth-order valence-corrected chi connectivity index (χ4v) is 2.95. The molecule has 1 fully saturated rings. The van der Waals surface area contributed by atoms with Crippen molar-refractivity contribution >= 4 is 17.3 Å². The van der Waals surface area contributed by atoms with Crippen LogP contribution in [0.25, 0.3) is 0 Å². The number of hydrogen-bond acceptors (Lipinski definition) is 2. The highest BCUT2D eigenvalue weighted by atomic mass is 16.1. The van der Waals surface area contributed by atoms with Gasteiger partial charge >= 0.3 is 0 Å². The Kier molecular flexibility index (Phi) is 4.14. The fourth-order valence-electron chi connectivity index (χ4n) is 2.95. The van der Waals surface area contributed by atoms with Gasteiger partial charge in [-0.25, -0.2) is 0 Å². The highest BCUT2D eigenvalue weighted by Gasteiger charge is 2.13. The first-order valence-electron chi connectivity index (χ1n) is 7.87. The second-order valence-electron chi connectivity index (χ2n) is 6.01. The number of nitrogens with zero attached hydrogens (tertiary/aromatic N) is 1. The van der Waals surface area contributed by atoms with Crippen LogP contribution < -0.4 is 10.2 Å². The van der Waals surface area contributed by atoms with Crippen molar-refractivity contribution in [2.24, 2.45) is 0 Å². The molecule has 0 bridgehead atoms. The average molecular weight is 294 g/mol. The summed E-state index contributed by atoms with van der Waals surface area (Å²) in [7, 11) is 0. The maximum absolute atomic E-state index is 12.4. The van der Waals surface area contributed by atoms with Crippen LogP contribution in [-0.2, 0) is 0 Å². The Morgan fingerprint density at radius 2 is 1.68 bits per heavy atom. The van der Waals surface area contributed by atoms with Gasteiger partial charge in [0.15, 0.2) is 0 Å². The molecule has 1 aliphatic rings. The van der Waals surface area contributed by atoms with Crippen LogP contribution in [0.3, 0.4) is 0 Å². The van der Waals surface area contributed by atoms with Crippen molar-refractivity contribution in [2.45, 2.75) is 26.7 Å². The number of rotatable bonds is 3. The normalized spacial score (nSPS) is 14.2. The number of carbonyl (C=O) groups excluding carboxylic acids is 1. The van der Waals surface area contributed by atoms with Crippen molar-refractivity contribution in [2.75, 3.05) is 23.3 Å². The van der Waals surface area contributed by atoms with E-state index in [0.717, 1.165) is 24.3 Å². The van der Waals surface area contributed by atoms with Crippen LogP contribution in [0.15, 0.2) is 42.5 Å². The van der Waals surface area contributed by atoms with Gasteiger partial charge in [0.2, 0.25) is 0 Å². The van der Waals surface area contributed by atoms with E-state index in [0.29, 0.717) is 5.56 Å². The molecule has 1 aliphatic heterocycles. The van der Waals surface area contributed by atoms with E-state index in [1.54, 1.807) is 0 Å². The highest BCUT2D eigenvalue weighted by molar-refractivity contribution is 6.04. The monoisotopic (exact) mass is 294 g/mol. The number of anilines is 2. The minimum Gasteiger partial charge on any atom is -0.372 e. The van der Waals surface area contributed by atoms with Gasteiger partial charge in [-0.05, 0) is 62.6 Å². The Morgan fingerprint density at radius 1 is 1.00 bits per heavy atom. The van der Waals surface area contributed by atoms with E-state index in [4.69, 9.17) is 0 Å². The van der Waals surface area contributed by atoms with Crippen molar-refractivity contribution in [1.29, 1.82) is 0 Å². The van der Waals surface area contributed by atoms with Crippen LogP contribution in [0.1, 0.15) is 34.3 Å². The van der Waals surface area contributed by atoms with Gasteiger partial charge in [0.1, 0.15) is 0 Å². The smallest absolute Gasteiger partial charge is 0.255 e. The fraction of sp³-hybridized carbons (Fsp3) is 0.316. The number of nitrogens with one attached hydrogen (secondary N) is 1. The van der Waals surface area contributed by atoms with Gasteiger partial charge in [0.25, 0.3) is 5.91 Å². The predicted octanol–water partition coefficient (Wildman–Crippen LogP) is 4.16. The molecule has 2 aromatic rings.